The molecule has 2 N–H and O–H groups in total. The third-order valence-corrected chi connectivity index (χ3v) is 7.79. The smallest absolute Gasteiger partial charge is 0.251 e. The first kappa shape index (κ1) is 32.1. The molecule has 0 fully saturated rings. The van der Waals surface area contributed by atoms with Crippen molar-refractivity contribution in [3.05, 3.63) is 101 Å². The number of amides is 1. The predicted octanol–water partition coefficient (Wildman–Crippen LogP) is 5.46. The van der Waals surface area contributed by atoms with E-state index in [9.17, 15) is 22.0 Å². The molecule has 0 radical (unpaired) electrons. The average Bonchev–Trinajstić information content (AvgIpc) is 2.90. The quantitative estimate of drug-likeness (QED) is 0.289. The second-order valence-electron chi connectivity index (χ2n) is 9.26. The molecule has 0 aromatic heterocycles. The van der Waals surface area contributed by atoms with Gasteiger partial charge in [0.1, 0.15) is 11.6 Å². The minimum atomic E-state index is -3.50. The van der Waals surface area contributed by atoms with Gasteiger partial charge in [-0.3, -0.25) is 4.79 Å². The van der Waals surface area contributed by atoms with Crippen LogP contribution in [0.3, 0.4) is 0 Å². The van der Waals surface area contributed by atoms with Crippen molar-refractivity contribution in [1.29, 1.82) is 0 Å². The largest absolute Gasteiger partial charge is 0.352 e. The zero-order valence-corrected chi connectivity index (χ0v) is 24.0. The molecule has 212 valence electrons. The highest BCUT2D eigenvalue weighted by Crippen LogP contribution is 2.15. The molecule has 0 bridgehead atoms. The summed E-state index contributed by atoms with van der Waals surface area (Å²) in [4.78, 5) is 12.5. The number of carbonyl (C=O) groups excluding carboxylic acids is 1. The first-order chi connectivity index (χ1) is 18.6. The molecule has 0 heterocycles. The molecular formula is C30H39F2N3O3S. The molecule has 3 rings (SSSR count). The molecule has 1 amide bonds. The number of halogens is 2. The number of hydrogen-bond acceptors (Lipinski definition) is 4. The van der Waals surface area contributed by atoms with Crippen molar-refractivity contribution < 1.29 is 22.0 Å². The number of sulfonamides is 1. The van der Waals surface area contributed by atoms with Crippen molar-refractivity contribution in [2.24, 2.45) is 0 Å². The number of aryl methyl sites for hydroxylation is 2. The van der Waals surface area contributed by atoms with Crippen LogP contribution in [0.2, 0.25) is 0 Å². The van der Waals surface area contributed by atoms with E-state index in [2.05, 4.69) is 41.8 Å². The van der Waals surface area contributed by atoms with Crippen LogP contribution in [0.15, 0.2) is 71.6 Å². The first-order valence-corrected chi connectivity index (χ1v) is 14.6. The highest BCUT2D eigenvalue weighted by atomic mass is 32.2. The molecule has 0 saturated heterocycles. The van der Waals surface area contributed by atoms with E-state index in [1.807, 2.05) is 6.92 Å². The van der Waals surface area contributed by atoms with Crippen LogP contribution in [0.4, 0.5) is 8.78 Å². The van der Waals surface area contributed by atoms with Crippen LogP contribution in [-0.4, -0.2) is 45.3 Å². The van der Waals surface area contributed by atoms with Gasteiger partial charge in [0.2, 0.25) is 10.0 Å². The molecule has 0 aliphatic carbocycles. The van der Waals surface area contributed by atoms with Crippen LogP contribution in [0.1, 0.15) is 53.7 Å². The van der Waals surface area contributed by atoms with Gasteiger partial charge in [0.25, 0.3) is 5.91 Å². The summed E-state index contributed by atoms with van der Waals surface area (Å²) < 4.78 is 50.6. The Morgan fingerprint density at radius 1 is 0.897 bits per heavy atom. The van der Waals surface area contributed by atoms with Gasteiger partial charge in [0, 0.05) is 38.3 Å². The molecular weight excluding hydrogens is 520 g/mol. The summed E-state index contributed by atoms with van der Waals surface area (Å²) in [6, 6.07) is 18.0. The van der Waals surface area contributed by atoms with Crippen molar-refractivity contribution in [3.63, 3.8) is 0 Å². The molecule has 39 heavy (non-hydrogen) atoms. The van der Waals surface area contributed by atoms with E-state index in [4.69, 9.17) is 0 Å². The summed E-state index contributed by atoms with van der Waals surface area (Å²) in [5.41, 5.74) is 3.65. The SMILES string of the molecule is CCCN(C)S(=O)(=O)c1ccc(C(=O)NCCCNCc2cccc(CC)c2)cc1.Cc1cc(F)cc(F)c1. The molecule has 0 aliphatic rings. The fourth-order valence-corrected chi connectivity index (χ4v) is 5.06. The van der Waals surface area contributed by atoms with Gasteiger partial charge in [-0.1, -0.05) is 38.1 Å². The van der Waals surface area contributed by atoms with Crippen LogP contribution < -0.4 is 10.6 Å². The van der Waals surface area contributed by atoms with E-state index in [1.165, 1.54) is 39.7 Å². The maximum absolute atomic E-state index is 12.4. The van der Waals surface area contributed by atoms with Crippen LogP contribution in [0, 0.1) is 18.6 Å². The van der Waals surface area contributed by atoms with Crippen LogP contribution >= 0.6 is 0 Å². The average molecular weight is 560 g/mol. The first-order valence-electron chi connectivity index (χ1n) is 13.1. The van der Waals surface area contributed by atoms with E-state index < -0.39 is 21.7 Å². The van der Waals surface area contributed by atoms with Crippen LogP contribution in [-0.2, 0) is 23.0 Å². The highest BCUT2D eigenvalue weighted by Gasteiger charge is 2.20. The van der Waals surface area contributed by atoms with Crippen molar-refractivity contribution in [3.8, 4) is 0 Å². The van der Waals surface area contributed by atoms with Gasteiger partial charge < -0.3 is 10.6 Å². The fourth-order valence-electron chi connectivity index (χ4n) is 3.79. The maximum atomic E-state index is 12.4. The minimum Gasteiger partial charge on any atom is -0.352 e. The van der Waals surface area contributed by atoms with Gasteiger partial charge in [-0.05, 0) is 85.8 Å². The highest BCUT2D eigenvalue weighted by molar-refractivity contribution is 7.89. The second kappa shape index (κ2) is 16.1. The summed E-state index contributed by atoms with van der Waals surface area (Å²) in [6.45, 7) is 8.35. The number of nitrogens with one attached hydrogen (secondary N) is 2. The van der Waals surface area contributed by atoms with E-state index >= 15 is 0 Å². The van der Waals surface area contributed by atoms with Gasteiger partial charge in [0.05, 0.1) is 4.90 Å². The zero-order chi connectivity index (χ0) is 28.8. The van der Waals surface area contributed by atoms with Gasteiger partial charge in [0.15, 0.2) is 0 Å². The molecule has 0 aliphatic heterocycles. The molecule has 9 heteroatoms. The molecule has 6 nitrogen and oxygen atoms in total. The molecule has 0 atom stereocenters. The van der Waals surface area contributed by atoms with Crippen molar-refractivity contribution in [2.75, 3.05) is 26.7 Å². The van der Waals surface area contributed by atoms with E-state index in [-0.39, 0.29) is 10.8 Å². The Labute approximate surface area is 231 Å². The van der Waals surface area contributed by atoms with E-state index in [0.717, 1.165) is 38.4 Å². The Hall–Kier alpha value is -3.14. The summed E-state index contributed by atoms with van der Waals surface area (Å²) in [5.74, 6) is -1.24. The van der Waals surface area contributed by atoms with Gasteiger partial charge in [-0.25, -0.2) is 21.5 Å². The van der Waals surface area contributed by atoms with Gasteiger partial charge >= 0.3 is 0 Å². The molecule has 0 saturated carbocycles. The number of nitrogens with zero attached hydrogens (tertiary/aromatic N) is 1. The second-order valence-corrected chi connectivity index (χ2v) is 11.3. The summed E-state index contributed by atoms with van der Waals surface area (Å²) >= 11 is 0. The van der Waals surface area contributed by atoms with Gasteiger partial charge in [-0.15, -0.1) is 0 Å². The summed E-state index contributed by atoms with van der Waals surface area (Å²) in [5, 5.41) is 6.27. The van der Waals surface area contributed by atoms with Crippen LogP contribution in [0.25, 0.3) is 0 Å². The fraction of sp³-hybridized carbons (Fsp3) is 0.367. The third kappa shape index (κ3) is 10.9. The molecule has 3 aromatic rings. The molecule has 0 spiro atoms. The minimum absolute atomic E-state index is 0.198. The van der Waals surface area contributed by atoms with Crippen LogP contribution in [0.5, 0.6) is 0 Å². The lowest BCUT2D eigenvalue weighted by atomic mass is 10.1. The van der Waals surface area contributed by atoms with Crippen molar-refractivity contribution in [1.82, 2.24) is 14.9 Å². The Morgan fingerprint density at radius 2 is 1.54 bits per heavy atom. The van der Waals surface area contributed by atoms with E-state index in [0.29, 0.717) is 24.2 Å². The Morgan fingerprint density at radius 3 is 2.13 bits per heavy atom. The Kier molecular flexibility index (Phi) is 13.2. The molecule has 3 aromatic carbocycles. The summed E-state index contributed by atoms with van der Waals surface area (Å²) in [6.07, 6.45) is 2.59. The zero-order valence-electron chi connectivity index (χ0n) is 23.1. The normalized spacial score (nSPS) is 11.2. The summed E-state index contributed by atoms with van der Waals surface area (Å²) in [7, 11) is -1.94. The lowest BCUT2D eigenvalue weighted by Crippen LogP contribution is -2.28. The number of carbonyl (C=O) groups is 1. The van der Waals surface area contributed by atoms with Gasteiger partial charge in [-0.2, -0.15) is 0 Å². The lowest BCUT2D eigenvalue weighted by molar-refractivity contribution is 0.0953. The Bertz CT molecular complexity index is 1250. The standard InChI is InChI=1S/C23H33N3O3S.C7H6F2/c1-4-16-26(3)30(28,29)22-12-10-21(11-13-22)23(27)25-15-7-14-24-18-20-9-6-8-19(5-2)17-20;1-5-2-6(8)4-7(9)3-5/h6,8-13,17,24H,4-5,7,14-16,18H2,1-3H3,(H,25,27);2-4H,1H3. The predicted molar refractivity (Wildman–Crippen MR) is 152 cm³/mol. The van der Waals surface area contributed by atoms with Crippen molar-refractivity contribution >= 4 is 15.9 Å². The monoisotopic (exact) mass is 559 g/mol. The maximum Gasteiger partial charge on any atom is 0.251 e. The number of hydrogen-bond donors (Lipinski definition) is 2. The topological polar surface area (TPSA) is 78.5 Å². The lowest BCUT2D eigenvalue weighted by Gasteiger charge is -2.16. The van der Waals surface area contributed by atoms with E-state index in [1.54, 1.807) is 26.1 Å². The molecule has 0 unspecified atom stereocenters. The number of rotatable bonds is 12. The number of benzene rings is 3. The Balaban J connectivity index is 0.000000499. The third-order valence-electron chi connectivity index (χ3n) is 5.91. The van der Waals surface area contributed by atoms with Crippen molar-refractivity contribution in [2.45, 2.75) is 51.5 Å².